The summed E-state index contributed by atoms with van der Waals surface area (Å²) in [6.45, 7) is 3.49. The summed E-state index contributed by atoms with van der Waals surface area (Å²) in [5.74, 6) is 0.000210. The number of nitrogens with one attached hydrogen (secondary N) is 1. The van der Waals surface area contributed by atoms with Crippen LogP contribution in [0.1, 0.15) is 12.5 Å². The quantitative estimate of drug-likeness (QED) is 0.812. The van der Waals surface area contributed by atoms with Crippen LogP contribution in [0.5, 0.6) is 5.75 Å². The van der Waals surface area contributed by atoms with Gasteiger partial charge >= 0.3 is 0 Å². The van der Waals surface area contributed by atoms with Crippen LogP contribution in [0.25, 0.3) is 0 Å². The van der Waals surface area contributed by atoms with Crippen molar-refractivity contribution < 1.29 is 17.9 Å². The second-order valence-corrected chi connectivity index (χ2v) is 8.56. The van der Waals surface area contributed by atoms with Gasteiger partial charge in [-0.15, -0.1) is 0 Å². The van der Waals surface area contributed by atoms with Gasteiger partial charge < -0.3 is 10.1 Å². The summed E-state index contributed by atoms with van der Waals surface area (Å²) in [4.78, 5) is 12.5. The zero-order valence-electron chi connectivity index (χ0n) is 15.0. The van der Waals surface area contributed by atoms with Crippen LogP contribution in [-0.4, -0.2) is 38.8 Å². The first-order valence-corrected chi connectivity index (χ1v) is 9.69. The second kappa shape index (κ2) is 8.07. The monoisotopic (exact) mass is 396 g/mol. The molecule has 0 aromatic heterocycles. The van der Waals surface area contributed by atoms with E-state index in [1.165, 1.54) is 26.2 Å². The van der Waals surface area contributed by atoms with Gasteiger partial charge in [0, 0.05) is 19.8 Å². The zero-order valence-corrected chi connectivity index (χ0v) is 16.6. The number of anilines is 1. The molecule has 0 fully saturated rings. The maximum absolute atomic E-state index is 12.4. The number of sulfonamides is 1. The number of carbonyl (C=O) groups is 1. The lowest BCUT2D eigenvalue weighted by atomic mass is 10.2. The summed E-state index contributed by atoms with van der Waals surface area (Å²) in [6.07, 6.45) is -0.816. The molecule has 1 unspecified atom stereocenters. The van der Waals surface area contributed by atoms with Gasteiger partial charge in [0.1, 0.15) is 5.75 Å². The van der Waals surface area contributed by atoms with Crippen LogP contribution in [0.2, 0.25) is 5.02 Å². The molecule has 8 heteroatoms. The number of amides is 1. The van der Waals surface area contributed by atoms with Crippen LogP contribution in [-0.2, 0) is 14.8 Å². The van der Waals surface area contributed by atoms with Gasteiger partial charge in [-0.1, -0.05) is 23.7 Å². The molecular weight excluding hydrogens is 376 g/mol. The van der Waals surface area contributed by atoms with E-state index < -0.39 is 22.0 Å². The van der Waals surface area contributed by atoms with Gasteiger partial charge in [-0.2, -0.15) is 0 Å². The number of carbonyl (C=O) groups excluding carboxylic acids is 1. The van der Waals surface area contributed by atoms with Crippen molar-refractivity contribution in [3.8, 4) is 5.75 Å². The van der Waals surface area contributed by atoms with Gasteiger partial charge in [0.25, 0.3) is 5.91 Å². The highest BCUT2D eigenvalue weighted by atomic mass is 35.5. The minimum absolute atomic E-state index is 0.0931. The van der Waals surface area contributed by atoms with E-state index in [-0.39, 0.29) is 4.90 Å². The number of aryl methyl sites for hydroxylation is 1. The van der Waals surface area contributed by atoms with Crippen LogP contribution in [0.15, 0.2) is 47.4 Å². The fourth-order valence-corrected chi connectivity index (χ4v) is 3.24. The molecule has 0 heterocycles. The van der Waals surface area contributed by atoms with E-state index in [4.69, 9.17) is 16.3 Å². The van der Waals surface area contributed by atoms with Crippen LogP contribution in [0.4, 0.5) is 5.69 Å². The van der Waals surface area contributed by atoms with Crippen molar-refractivity contribution in [1.29, 1.82) is 0 Å². The standard InChI is InChI=1S/C18H21ClN2O4S/c1-12-8-9-16(19)17(10-12)25-13(2)18(22)20-14-6-5-7-15(11-14)26(23,24)21(3)4/h5-11,13H,1-4H3,(H,20,22). The maximum Gasteiger partial charge on any atom is 0.265 e. The van der Waals surface area contributed by atoms with E-state index in [2.05, 4.69) is 5.32 Å². The van der Waals surface area contributed by atoms with Crippen molar-refractivity contribution in [2.75, 3.05) is 19.4 Å². The van der Waals surface area contributed by atoms with E-state index in [0.29, 0.717) is 16.5 Å². The Kier molecular flexibility index (Phi) is 6.28. The van der Waals surface area contributed by atoms with Crippen molar-refractivity contribution >= 4 is 33.2 Å². The number of hydrogen-bond acceptors (Lipinski definition) is 4. The van der Waals surface area contributed by atoms with Gasteiger partial charge in [0.2, 0.25) is 10.0 Å². The fourth-order valence-electron chi connectivity index (χ4n) is 2.13. The minimum atomic E-state index is -3.58. The maximum atomic E-state index is 12.4. The summed E-state index contributed by atoms with van der Waals surface area (Å²) in [7, 11) is -0.688. The molecule has 26 heavy (non-hydrogen) atoms. The molecule has 1 atom stereocenters. The summed E-state index contributed by atoms with van der Waals surface area (Å²) in [5.41, 5.74) is 1.32. The molecule has 0 bridgehead atoms. The Balaban J connectivity index is 2.13. The fraction of sp³-hybridized carbons (Fsp3) is 0.278. The largest absolute Gasteiger partial charge is 0.479 e. The predicted molar refractivity (Wildman–Crippen MR) is 102 cm³/mol. The number of ether oxygens (including phenoxy) is 1. The molecule has 0 radical (unpaired) electrons. The first-order valence-electron chi connectivity index (χ1n) is 7.87. The van der Waals surface area contributed by atoms with Crippen molar-refractivity contribution in [2.24, 2.45) is 0 Å². The summed E-state index contributed by atoms with van der Waals surface area (Å²) in [6, 6.07) is 11.3. The molecule has 0 aliphatic heterocycles. The molecule has 0 saturated heterocycles. The predicted octanol–water partition coefficient (Wildman–Crippen LogP) is 3.30. The lowest BCUT2D eigenvalue weighted by Crippen LogP contribution is -2.30. The van der Waals surface area contributed by atoms with Gasteiger partial charge in [0.05, 0.1) is 9.92 Å². The molecule has 0 aliphatic carbocycles. The smallest absolute Gasteiger partial charge is 0.265 e. The molecule has 2 aromatic carbocycles. The van der Waals surface area contributed by atoms with Crippen LogP contribution < -0.4 is 10.1 Å². The Morgan fingerprint density at radius 1 is 1.19 bits per heavy atom. The van der Waals surface area contributed by atoms with Gasteiger partial charge in [-0.05, 0) is 49.7 Å². The van der Waals surface area contributed by atoms with Crippen molar-refractivity contribution in [3.63, 3.8) is 0 Å². The third kappa shape index (κ3) is 4.75. The number of nitrogens with zero attached hydrogens (tertiary/aromatic N) is 1. The van der Waals surface area contributed by atoms with Gasteiger partial charge in [-0.3, -0.25) is 4.79 Å². The van der Waals surface area contributed by atoms with E-state index in [9.17, 15) is 13.2 Å². The number of benzene rings is 2. The van der Waals surface area contributed by atoms with Crippen molar-refractivity contribution in [2.45, 2.75) is 24.8 Å². The number of hydrogen-bond donors (Lipinski definition) is 1. The average molecular weight is 397 g/mol. The Hall–Kier alpha value is -2.09. The van der Waals surface area contributed by atoms with Crippen LogP contribution >= 0.6 is 11.6 Å². The van der Waals surface area contributed by atoms with Crippen LogP contribution in [0, 0.1) is 6.92 Å². The minimum Gasteiger partial charge on any atom is -0.479 e. The third-order valence-corrected chi connectivity index (χ3v) is 5.76. The first kappa shape index (κ1) is 20.2. The Labute approximate surface area is 158 Å². The summed E-state index contributed by atoms with van der Waals surface area (Å²) in [5, 5.41) is 3.07. The van der Waals surface area contributed by atoms with E-state index in [0.717, 1.165) is 9.87 Å². The van der Waals surface area contributed by atoms with E-state index in [1.807, 2.05) is 13.0 Å². The molecule has 1 N–H and O–H groups in total. The molecule has 2 rings (SSSR count). The first-order chi connectivity index (χ1) is 12.1. The summed E-state index contributed by atoms with van der Waals surface area (Å²) >= 11 is 6.08. The second-order valence-electron chi connectivity index (χ2n) is 6.00. The van der Waals surface area contributed by atoms with Crippen molar-refractivity contribution in [3.05, 3.63) is 53.1 Å². The Morgan fingerprint density at radius 2 is 1.88 bits per heavy atom. The number of rotatable bonds is 6. The molecule has 6 nitrogen and oxygen atoms in total. The van der Waals surface area contributed by atoms with Crippen LogP contribution in [0.3, 0.4) is 0 Å². The van der Waals surface area contributed by atoms with Crippen molar-refractivity contribution in [1.82, 2.24) is 4.31 Å². The molecule has 0 spiro atoms. The Morgan fingerprint density at radius 3 is 2.54 bits per heavy atom. The molecule has 0 aliphatic rings. The van der Waals surface area contributed by atoms with E-state index >= 15 is 0 Å². The Bertz CT molecular complexity index is 913. The highest BCUT2D eigenvalue weighted by molar-refractivity contribution is 7.89. The molecule has 0 saturated carbocycles. The number of halogens is 1. The molecule has 1 amide bonds. The lowest BCUT2D eigenvalue weighted by molar-refractivity contribution is -0.122. The third-order valence-electron chi connectivity index (χ3n) is 3.64. The topological polar surface area (TPSA) is 75.7 Å². The SMILES string of the molecule is Cc1ccc(Cl)c(OC(C)C(=O)Nc2cccc(S(=O)(=O)N(C)C)c2)c1. The normalized spacial score (nSPS) is 12.7. The highest BCUT2D eigenvalue weighted by Crippen LogP contribution is 2.26. The average Bonchev–Trinajstić information content (AvgIpc) is 2.58. The highest BCUT2D eigenvalue weighted by Gasteiger charge is 2.20. The van der Waals surface area contributed by atoms with Gasteiger partial charge in [0.15, 0.2) is 6.10 Å². The molecular formula is C18H21ClN2O4S. The zero-order chi connectivity index (χ0) is 19.5. The van der Waals surface area contributed by atoms with Gasteiger partial charge in [-0.25, -0.2) is 12.7 Å². The molecule has 2 aromatic rings. The molecule has 140 valence electrons. The lowest BCUT2D eigenvalue weighted by Gasteiger charge is -2.17. The summed E-state index contributed by atoms with van der Waals surface area (Å²) < 4.78 is 31.1. The van der Waals surface area contributed by atoms with E-state index in [1.54, 1.807) is 31.2 Å².